The zero-order chi connectivity index (χ0) is 20.7. The number of carboxylic acid groups (broad SMARTS) is 1. The summed E-state index contributed by atoms with van der Waals surface area (Å²) in [6.45, 7) is 1.92. The highest BCUT2D eigenvalue weighted by Gasteiger charge is 2.38. The average Bonchev–Trinajstić information content (AvgIpc) is 2.62. The predicted molar refractivity (Wildman–Crippen MR) is 101 cm³/mol. The Balaban J connectivity index is 0.000000345. The minimum Gasteiger partial charge on any atom is -0.475 e. The van der Waals surface area contributed by atoms with Crippen LogP contribution in [-0.4, -0.2) is 30.3 Å². The van der Waals surface area contributed by atoms with Crippen molar-refractivity contribution in [2.24, 2.45) is 0 Å². The standard InChI is InChI=1S/C17H17ClFNS.C2HF3O2/c18-13-3-1-4-14(11-13)21-16-6-2-5-15(19)17(16)12-7-9-20-10-8-12;3-2(4,5)1(6)7/h1-6,11-12,20H,7-10H2;(H,6,7). The van der Waals surface area contributed by atoms with Crippen LogP contribution >= 0.6 is 23.4 Å². The maximum atomic E-state index is 14.4. The summed E-state index contributed by atoms with van der Waals surface area (Å²) in [6, 6.07) is 13.1. The van der Waals surface area contributed by atoms with Crippen LogP contribution in [0.25, 0.3) is 0 Å². The number of hydrogen-bond acceptors (Lipinski definition) is 3. The summed E-state index contributed by atoms with van der Waals surface area (Å²) in [4.78, 5) is 10.9. The Morgan fingerprint density at radius 2 is 1.75 bits per heavy atom. The number of nitrogens with one attached hydrogen (secondary N) is 1. The van der Waals surface area contributed by atoms with Gasteiger partial charge in [-0.25, -0.2) is 9.18 Å². The second kappa shape index (κ2) is 10.1. The quantitative estimate of drug-likeness (QED) is 0.604. The summed E-state index contributed by atoms with van der Waals surface area (Å²) >= 11 is 7.63. The summed E-state index contributed by atoms with van der Waals surface area (Å²) in [7, 11) is 0. The molecule has 2 N–H and O–H groups in total. The Morgan fingerprint density at radius 1 is 1.14 bits per heavy atom. The van der Waals surface area contributed by atoms with E-state index < -0.39 is 12.1 Å². The van der Waals surface area contributed by atoms with E-state index >= 15 is 0 Å². The van der Waals surface area contributed by atoms with E-state index in [0.717, 1.165) is 41.3 Å². The number of hydrogen-bond donors (Lipinski definition) is 2. The van der Waals surface area contributed by atoms with Crippen LogP contribution < -0.4 is 5.32 Å². The lowest BCUT2D eigenvalue weighted by Crippen LogP contribution is -2.27. The molecule has 28 heavy (non-hydrogen) atoms. The smallest absolute Gasteiger partial charge is 0.475 e. The van der Waals surface area contributed by atoms with Crippen molar-refractivity contribution in [3.8, 4) is 0 Å². The molecule has 2 aromatic rings. The Kier molecular flexibility index (Phi) is 8.15. The topological polar surface area (TPSA) is 49.3 Å². The average molecular weight is 436 g/mol. The monoisotopic (exact) mass is 435 g/mol. The number of benzene rings is 2. The van der Waals surface area contributed by atoms with Crippen LogP contribution in [0.3, 0.4) is 0 Å². The lowest BCUT2D eigenvalue weighted by atomic mass is 9.90. The van der Waals surface area contributed by atoms with Gasteiger partial charge in [0.15, 0.2) is 0 Å². The fourth-order valence-electron chi connectivity index (χ4n) is 2.77. The molecule has 2 aromatic carbocycles. The number of halogens is 5. The Labute approximate surface area is 169 Å². The minimum absolute atomic E-state index is 0.0890. The molecule has 0 aliphatic carbocycles. The summed E-state index contributed by atoms with van der Waals surface area (Å²) in [6.07, 6.45) is -3.10. The molecule has 0 saturated carbocycles. The van der Waals surface area contributed by atoms with Gasteiger partial charge in [0, 0.05) is 20.4 Å². The zero-order valence-electron chi connectivity index (χ0n) is 14.6. The van der Waals surface area contributed by atoms with Crippen LogP contribution in [0.1, 0.15) is 24.3 Å². The molecule has 3 nitrogen and oxygen atoms in total. The molecule has 0 radical (unpaired) electrons. The highest BCUT2D eigenvalue weighted by molar-refractivity contribution is 7.99. The van der Waals surface area contributed by atoms with Crippen molar-refractivity contribution >= 4 is 29.3 Å². The van der Waals surface area contributed by atoms with Crippen molar-refractivity contribution in [3.05, 3.63) is 58.9 Å². The Hall–Kier alpha value is -1.77. The van der Waals surface area contributed by atoms with E-state index in [9.17, 15) is 17.6 Å². The van der Waals surface area contributed by atoms with Gasteiger partial charge < -0.3 is 10.4 Å². The fourth-order valence-corrected chi connectivity index (χ4v) is 4.13. The molecular formula is C19H18ClF4NO2S. The van der Waals surface area contributed by atoms with E-state index in [0.29, 0.717) is 10.9 Å². The van der Waals surface area contributed by atoms with E-state index in [1.165, 1.54) is 0 Å². The van der Waals surface area contributed by atoms with Crippen molar-refractivity contribution in [3.63, 3.8) is 0 Å². The number of carbonyl (C=O) groups is 1. The van der Waals surface area contributed by atoms with Crippen LogP contribution in [-0.2, 0) is 4.79 Å². The third kappa shape index (κ3) is 6.68. The van der Waals surface area contributed by atoms with E-state index in [2.05, 4.69) is 5.32 Å². The van der Waals surface area contributed by atoms with Crippen molar-refractivity contribution < 1.29 is 27.5 Å². The van der Waals surface area contributed by atoms with E-state index in [-0.39, 0.29) is 5.82 Å². The zero-order valence-corrected chi connectivity index (χ0v) is 16.2. The van der Waals surface area contributed by atoms with Crippen molar-refractivity contribution in [2.75, 3.05) is 13.1 Å². The Bertz CT molecular complexity index is 811. The van der Waals surface area contributed by atoms with E-state index in [4.69, 9.17) is 21.5 Å². The molecule has 0 amide bonds. The predicted octanol–water partition coefficient (Wildman–Crippen LogP) is 5.73. The lowest BCUT2D eigenvalue weighted by Gasteiger charge is -2.25. The first-order valence-corrected chi connectivity index (χ1v) is 9.60. The number of carboxylic acids is 1. The van der Waals surface area contributed by atoms with Gasteiger partial charge in [-0.05, 0) is 62.2 Å². The summed E-state index contributed by atoms with van der Waals surface area (Å²) in [5.41, 5.74) is 0.865. The molecule has 1 aliphatic rings. The Morgan fingerprint density at radius 3 is 2.32 bits per heavy atom. The van der Waals surface area contributed by atoms with Crippen LogP contribution in [0.4, 0.5) is 17.6 Å². The normalized spacial score (nSPS) is 14.9. The molecule has 0 unspecified atom stereocenters. The molecule has 3 rings (SSSR count). The number of aliphatic carboxylic acids is 1. The van der Waals surface area contributed by atoms with E-state index in [1.807, 2.05) is 30.3 Å². The van der Waals surface area contributed by atoms with Gasteiger partial charge in [0.05, 0.1) is 0 Å². The molecule has 1 saturated heterocycles. The van der Waals surface area contributed by atoms with Gasteiger partial charge in [0.2, 0.25) is 0 Å². The number of piperidine rings is 1. The van der Waals surface area contributed by atoms with Gasteiger partial charge in [-0.15, -0.1) is 0 Å². The lowest BCUT2D eigenvalue weighted by molar-refractivity contribution is -0.192. The molecule has 1 heterocycles. The van der Waals surface area contributed by atoms with Crippen molar-refractivity contribution in [1.82, 2.24) is 5.32 Å². The highest BCUT2D eigenvalue weighted by atomic mass is 35.5. The molecule has 0 atom stereocenters. The molecule has 0 bridgehead atoms. The van der Waals surface area contributed by atoms with Gasteiger partial charge in [0.1, 0.15) is 5.82 Å². The van der Waals surface area contributed by atoms with Crippen LogP contribution in [0.15, 0.2) is 52.3 Å². The van der Waals surface area contributed by atoms with E-state index in [1.54, 1.807) is 23.9 Å². The van der Waals surface area contributed by atoms with Gasteiger partial charge in [-0.1, -0.05) is 35.5 Å². The van der Waals surface area contributed by atoms with Crippen molar-refractivity contribution in [1.29, 1.82) is 0 Å². The first-order valence-electron chi connectivity index (χ1n) is 8.41. The first kappa shape index (κ1) is 22.5. The summed E-state index contributed by atoms with van der Waals surface area (Å²) in [5, 5.41) is 11.2. The van der Waals surface area contributed by atoms with Gasteiger partial charge >= 0.3 is 12.1 Å². The van der Waals surface area contributed by atoms with Crippen LogP contribution in [0.5, 0.6) is 0 Å². The largest absolute Gasteiger partial charge is 0.490 e. The SMILES string of the molecule is Fc1cccc(Sc2cccc(Cl)c2)c1C1CCNCC1.O=C(O)C(F)(F)F. The van der Waals surface area contributed by atoms with Gasteiger partial charge in [-0.2, -0.15) is 13.2 Å². The van der Waals surface area contributed by atoms with Crippen LogP contribution in [0, 0.1) is 5.82 Å². The molecule has 0 aromatic heterocycles. The summed E-state index contributed by atoms with van der Waals surface area (Å²) in [5.74, 6) is -2.55. The highest BCUT2D eigenvalue weighted by Crippen LogP contribution is 2.39. The third-order valence-corrected chi connectivity index (χ3v) is 5.33. The molecule has 1 fully saturated rings. The fraction of sp³-hybridized carbons (Fsp3) is 0.316. The first-order chi connectivity index (χ1) is 13.2. The second-order valence-corrected chi connectivity index (χ2v) is 7.59. The maximum Gasteiger partial charge on any atom is 0.490 e. The number of alkyl halides is 3. The number of rotatable bonds is 3. The maximum absolute atomic E-state index is 14.4. The van der Waals surface area contributed by atoms with Gasteiger partial charge in [0.25, 0.3) is 0 Å². The third-order valence-electron chi connectivity index (χ3n) is 4.03. The van der Waals surface area contributed by atoms with Crippen LogP contribution in [0.2, 0.25) is 5.02 Å². The van der Waals surface area contributed by atoms with Gasteiger partial charge in [-0.3, -0.25) is 0 Å². The minimum atomic E-state index is -5.08. The summed E-state index contributed by atoms with van der Waals surface area (Å²) < 4.78 is 46.1. The molecule has 0 spiro atoms. The molecule has 1 aliphatic heterocycles. The molecule has 152 valence electrons. The molecule has 9 heteroatoms. The van der Waals surface area contributed by atoms with Crippen molar-refractivity contribution in [2.45, 2.75) is 34.7 Å². The molecular weight excluding hydrogens is 418 g/mol. The second-order valence-electron chi connectivity index (χ2n) is 6.04.